The quantitative estimate of drug-likeness (QED) is 0.0430. The predicted octanol–water partition coefficient (Wildman–Crippen LogP) is 12.9. The number of esters is 4. The molecule has 0 aliphatic heterocycles. The third-order valence-corrected chi connectivity index (χ3v) is 11.0. The highest BCUT2D eigenvalue weighted by Gasteiger charge is 2.18. The summed E-state index contributed by atoms with van der Waals surface area (Å²) in [5, 5.41) is 9.69. The molecule has 0 unspecified atom stereocenters. The Kier molecular flexibility index (Phi) is 19.4. The van der Waals surface area contributed by atoms with E-state index >= 15 is 0 Å². The summed E-state index contributed by atoms with van der Waals surface area (Å²) in [6.45, 7) is 14.7. The Morgan fingerprint density at radius 2 is 0.758 bits per heavy atom. The lowest BCUT2D eigenvalue weighted by atomic mass is 9.98. The molecule has 0 spiro atoms. The molecular formula is C55H61NO10. The molecule has 5 aromatic carbocycles. The summed E-state index contributed by atoms with van der Waals surface area (Å²) in [4.78, 5) is 51.9. The molecule has 346 valence electrons. The molecule has 5 aromatic rings. The van der Waals surface area contributed by atoms with E-state index in [9.17, 15) is 24.4 Å². The van der Waals surface area contributed by atoms with Crippen LogP contribution in [0.15, 0.2) is 115 Å². The molecule has 11 nitrogen and oxygen atoms in total. The van der Waals surface area contributed by atoms with Crippen LogP contribution in [0.25, 0.3) is 0 Å². The van der Waals surface area contributed by atoms with Gasteiger partial charge in [0, 0.05) is 6.07 Å². The maximum atomic E-state index is 13.1. The number of carbonyl (C=O) groups excluding carboxylic acids is 4. The molecule has 0 heterocycles. The van der Waals surface area contributed by atoms with E-state index in [0.29, 0.717) is 48.0 Å². The third-order valence-electron chi connectivity index (χ3n) is 11.0. The van der Waals surface area contributed by atoms with E-state index in [-0.39, 0.29) is 39.3 Å². The van der Waals surface area contributed by atoms with Crippen LogP contribution in [-0.4, -0.2) is 37.1 Å². The molecule has 0 amide bonds. The molecule has 0 bridgehead atoms. The molecule has 5 rings (SSSR count). The van der Waals surface area contributed by atoms with Crippen LogP contribution in [0, 0.1) is 35.0 Å². The van der Waals surface area contributed by atoms with E-state index in [1.54, 1.807) is 48.5 Å². The Bertz CT molecular complexity index is 2380. The smallest absolute Gasteiger partial charge is 0.343 e. The molecule has 2 atom stereocenters. The normalized spacial score (nSPS) is 11.9. The van der Waals surface area contributed by atoms with Crippen molar-refractivity contribution in [2.45, 2.75) is 92.9 Å². The second kappa shape index (κ2) is 25.5. The van der Waals surface area contributed by atoms with E-state index in [1.807, 2.05) is 6.07 Å². The lowest BCUT2D eigenvalue weighted by Gasteiger charge is -2.13. The van der Waals surface area contributed by atoms with Gasteiger partial charge in [-0.15, -0.1) is 0 Å². The van der Waals surface area contributed by atoms with Crippen molar-refractivity contribution in [3.05, 3.63) is 143 Å². The van der Waals surface area contributed by atoms with Crippen molar-refractivity contribution in [3.8, 4) is 40.6 Å². The summed E-state index contributed by atoms with van der Waals surface area (Å²) in [6.07, 6.45) is 9.22. The van der Waals surface area contributed by atoms with Gasteiger partial charge in [-0.1, -0.05) is 80.1 Å². The lowest BCUT2D eigenvalue weighted by molar-refractivity contribution is 0.0713. The minimum Gasteiger partial charge on any atom is -0.494 e. The SMILES string of the molecule is CC(C)CCC[C@H](C)CCOc1ccc(OC(=O)c2ccc(C(=O)Oc3ccc(C#N)c(OC(=O)c4ccc(C(=O)Oc5ccc(OCC[C@@H](C)CCCC(C)C)cc5)cc4)c3)cc2)cc1. The molecule has 0 aromatic heterocycles. The Hall–Kier alpha value is -6.93. The van der Waals surface area contributed by atoms with Crippen molar-refractivity contribution in [1.82, 2.24) is 0 Å². The average molecular weight is 896 g/mol. The van der Waals surface area contributed by atoms with E-state index in [4.69, 9.17) is 28.4 Å². The largest absolute Gasteiger partial charge is 0.494 e. The Morgan fingerprint density at radius 1 is 0.424 bits per heavy atom. The summed E-state index contributed by atoms with van der Waals surface area (Å²) >= 11 is 0. The lowest BCUT2D eigenvalue weighted by Crippen LogP contribution is -2.13. The monoisotopic (exact) mass is 895 g/mol. The zero-order valence-electron chi connectivity index (χ0n) is 38.9. The van der Waals surface area contributed by atoms with Crippen LogP contribution in [0.2, 0.25) is 0 Å². The number of ether oxygens (including phenoxy) is 6. The van der Waals surface area contributed by atoms with Crippen LogP contribution in [0.3, 0.4) is 0 Å². The fraction of sp³-hybridized carbons (Fsp3) is 0.364. The van der Waals surface area contributed by atoms with Gasteiger partial charge in [-0.3, -0.25) is 0 Å². The summed E-state index contributed by atoms with van der Waals surface area (Å²) in [5.74, 6) is 1.75. The minimum absolute atomic E-state index is 0.00803. The Morgan fingerprint density at radius 3 is 1.12 bits per heavy atom. The fourth-order valence-electron chi connectivity index (χ4n) is 6.89. The zero-order valence-corrected chi connectivity index (χ0v) is 38.9. The number of nitriles is 1. The fourth-order valence-corrected chi connectivity index (χ4v) is 6.89. The van der Waals surface area contributed by atoms with Gasteiger partial charge in [-0.25, -0.2) is 19.2 Å². The van der Waals surface area contributed by atoms with Gasteiger partial charge in [0.1, 0.15) is 34.8 Å². The van der Waals surface area contributed by atoms with Crippen molar-refractivity contribution < 1.29 is 47.6 Å². The second-order valence-electron chi connectivity index (χ2n) is 17.6. The summed E-state index contributed by atoms with van der Waals surface area (Å²) in [7, 11) is 0. The van der Waals surface area contributed by atoms with E-state index in [2.05, 4.69) is 41.5 Å². The Labute approximate surface area is 389 Å². The molecule has 0 saturated heterocycles. The van der Waals surface area contributed by atoms with Gasteiger partial charge in [-0.2, -0.15) is 5.26 Å². The topological polar surface area (TPSA) is 147 Å². The van der Waals surface area contributed by atoms with Crippen LogP contribution < -0.4 is 28.4 Å². The molecule has 0 N–H and O–H groups in total. The molecule has 0 fully saturated rings. The highest BCUT2D eigenvalue weighted by molar-refractivity contribution is 5.96. The average Bonchev–Trinajstić information content (AvgIpc) is 3.30. The predicted molar refractivity (Wildman–Crippen MR) is 253 cm³/mol. The second-order valence-corrected chi connectivity index (χ2v) is 17.6. The van der Waals surface area contributed by atoms with Gasteiger partial charge in [0.2, 0.25) is 0 Å². The van der Waals surface area contributed by atoms with Crippen molar-refractivity contribution in [3.63, 3.8) is 0 Å². The van der Waals surface area contributed by atoms with Gasteiger partial charge in [-0.05, 0) is 146 Å². The number of carbonyl (C=O) groups is 4. The van der Waals surface area contributed by atoms with Crippen molar-refractivity contribution in [2.24, 2.45) is 23.7 Å². The maximum absolute atomic E-state index is 13.1. The first-order valence-electron chi connectivity index (χ1n) is 22.8. The van der Waals surface area contributed by atoms with Crippen molar-refractivity contribution in [2.75, 3.05) is 13.2 Å². The molecule has 66 heavy (non-hydrogen) atoms. The molecule has 11 heteroatoms. The van der Waals surface area contributed by atoms with Crippen LogP contribution in [-0.2, 0) is 0 Å². The van der Waals surface area contributed by atoms with E-state index in [1.165, 1.54) is 105 Å². The molecule has 0 aliphatic carbocycles. The zero-order chi connectivity index (χ0) is 47.4. The first-order valence-corrected chi connectivity index (χ1v) is 22.8. The van der Waals surface area contributed by atoms with E-state index in [0.717, 1.165) is 24.7 Å². The summed E-state index contributed by atoms with van der Waals surface area (Å²) in [6, 6.07) is 31.0. The van der Waals surface area contributed by atoms with Crippen LogP contribution in [0.4, 0.5) is 0 Å². The van der Waals surface area contributed by atoms with Crippen LogP contribution >= 0.6 is 0 Å². The minimum atomic E-state index is -0.810. The van der Waals surface area contributed by atoms with Gasteiger partial charge >= 0.3 is 23.9 Å². The number of nitrogens with zero attached hydrogens (tertiary/aromatic N) is 1. The number of hydrogen-bond donors (Lipinski definition) is 0. The van der Waals surface area contributed by atoms with Crippen LogP contribution in [0.1, 0.15) is 140 Å². The third kappa shape index (κ3) is 16.6. The highest BCUT2D eigenvalue weighted by atomic mass is 16.6. The molecule has 0 aliphatic rings. The maximum Gasteiger partial charge on any atom is 0.343 e. The summed E-state index contributed by atoms with van der Waals surface area (Å²) in [5.41, 5.74) is 0.678. The van der Waals surface area contributed by atoms with Gasteiger partial charge in [0.25, 0.3) is 0 Å². The van der Waals surface area contributed by atoms with Gasteiger partial charge in [0.15, 0.2) is 5.75 Å². The number of hydrogen-bond acceptors (Lipinski definition) is 11. The highest BCUT2D eigenvalue weighted by Crippen LogP contribution is 2.27. The van der Waals surface area contributed by atoms with Crippen molar-refractivity contribution in [1.29, 1.82) is 5.26 Å². The molecular weight excluding hydrogens is 835 g/mol. The van der Waals surface area contributed by atoms with E-state index < -0.39 is 23.9 Å². The van der Waals surface area contributed by atoms with Gasteiger partial charge in [0.05, 0.1) is 41.0 Å². The van der Waals surface area contributed by atoms with Crippen molar-refractivity contribution >= 4 is 23.9 Å². The standard InChI is InChI=1S/C55H61NO10/c1-37(2)9-7-11-39(5)31-33-61-46-23-27-48(28-24-46)63-52(57)41-13-15-43(16-14-41)54(59)65-50-22-21-45(36-56)51(35-50)66-55(60)44-19-17-42(18-20-44)53(58)64-49-29-25-47(26-30-49)62-34-32-40(6)12-8-10-38(3)4/h13-30,35,37-40H,7-12,31-34H2,1-6H3/t39-,40-/m0/s1. The summed E-state index contributed by atoms with van der Waals surface area (Å²) < 4.78 is 33.9. The number of rotatable bonds is 24. The van der Waals surface area contributed by atoms with Crippen LogP contribution in [0.5, 0.6) is 34.5 Å². The van der Waals surface area contributed by atoms with Gasteiger partial charge < -0.3 is 28.4 Å². The molecule has 0 radical (unpaired) electrons. The molecule has 0 saturated carbocycles. The first kappa shape index (κ1) is 50.1. The number of benzene rings is 5. The Balaban J connectivity index is 1.07. The first-order chi connectivity index (χ1) is 31.8.